The summed E-state index contributed by atoms with van der Waals surface area (Å²) >= 11 is 0. The average molecular weight is 541 g/mol. The van der Waals surface area contributed by atoms with E-state index in [-0.39, 0.29) is 11.3 Å². The fourth-order valence-electron chi connectivity index (χ4n) is 7.43. The van der Waals surface area contributed by atoms with Crippen LogP contribution < -0.4 is 5.32 Å². The molecule has 1 saturated heterocycles. The molecule has 208 valence electrons. The van der Waals surface area contributed by atoms with Gasteiger partial charge in [0.05, 0.1) is 23.7 Å². The third-order valence-corrected chi connectivity index (χ3v) is 10.8. The molecule has 1 unspecified atom stereocenters. The van der Waals surface area contributed by atoms with E-state index in [0.29, 0.717) is 37.0 Å². The van der Waals surface area contributed by atoms with Gasteiger partial charge in [-0.3, -0.25) is 9.48 Å². The third kappa shape index (κ3) is 6.17. The van der Waals surface area contributed by atoms with Crippen LogP contribution in [0.1, 0.15) is 92.2 Å². The number of hydrogen-bond acceptors (Lipinski definition) is 4. The Labute approximate surface area is 228 Å². The molecular weight excluding hydrogens is 496 g/mol. The van der Waals surface area contributed by atoms with Crippen LogP contribution in [0.4, 0.5) is 0 Å². The van der Waals surface area contributed by atoms with Crippen LogP contribution in [-0.4, -0.2) is 47.8 Å². The molecule has 38 heavy (non-hydrogen) atoms. The fraction of sp³-hybridized carbons (Fsp3) is 0.667. The predicted molar refractivity (Wildman–Crippen MR) is 150 cm³/mol. The minimum Gasteiger partial charge on any atom is -0.348 e. The Morgan fingerprint density at radius 2 is 1.63 bits per heavy atom. The standard InChI is InChI=1S/C30H44N4O3S/c1-38(36,37)33-18-14-25(15-19-33)27-20-28-26(29(35)31-21-24-12-8-7-9-13-24)22-32-34(28)23-30(27)16-10-5-3-2-4-6-11-17-30/h7-9,12-13,22,25,27H,2-6,10-11,14-21,23H2,1H3,(H,31,35). The molecule has 5 rings (SSSR count). The largest absolute Gasteiger partial charge is 0.348 e. The monoisotopic (exact) mass is 540 g/mol. The lowest BCUT2D eigenvalue weighted by Gasteiger charge is -2.50. The highest BCUT2D eigenvalue weighted by atomic mass is 32.2. The number of nitrogens with one attached hydrogen (secondary N) is 1. The van der Waals surface area contributed by atoms with Crippen molar-refractivity contribution in [2.24, 2.45) is 17.3 Å². The zero-order chi connectivity index (χ0) is 26.6. The molecule has 1 atom stereocenters. The summed E-state index contributed by atoms with van der Waals surface area (Å²) in [4.78, 5) is 13.3. The van der Waals surface area contributed by atoms with Gasteiger partial charge in [-0.25, -0.2) is 12.7 Å². The summed E-state index contributed by atoms with van der Waals surface area (Å²) in [5.74, 6) is 0.871. The van der Waals surface area contributed by atoms with Gasteiger partial charge >= 0.3 is 0 Å². The summed E-state index contributed by atoms with van der Waals surface area (Å²) in [6.07, 6.45) is 17.3. The Morgan fingerprint density at radius 3 is 2.26 bits per heavy atom. The molecule has 3 heterocycles. The van der Waals surface area contributed by atoms with E-state index in [0.717, 1.165) is 37.1 Å². The summed E-state index contributed by atoms with van der Waals surface area (Å²) in [6, 6.07) is 10.0. The van der Waals surface area contributed by atoms with Gasteiger partial charge < -0.3 is 5.32 Å². The van der Waals surface area contributed by atoms with E-state index in [9.17, 15) is 13.2 Å². The molecule has 0 bridgehead atoms. The van der Waals surface area contributed by atoms with E-state index in [2.05, 4.69) is 10.00 Å². The quantitative estimate of drug-likeness (QED) is 0.567. The number of fused-ring (bicyclic) bond motifs is 1. The van der Waals surface area contributed by atoms with Crippen molar-refractivity contribution in [3.8, 4) is 0 Å². The molecule has 1 amide bonds. The first-order valence-corrected chi connectivity index (χ1v) is 16.5. The maximum atomic E-state index is 13.3. The van der Waals surface area contributed by atoms with Gasteiger partial charge in [0.2, 0.25) is 10.0 Å². The molecule has 2 aromatic rings. The Balaban J connectivity index is 1.40. The number of nitrogens with zero attached hydrogens (tertiary/aromatic N) is 3. The van der Waals surface area contributed by atoms with Crippen molar-refractivity contribution >= 4 is 15.9 Å². The van der Waals surface area contributed by atoms with E-state index in [1.54, 1.807) is 10.5 Å². The molecule has 1 N–H and O–H groups in total. The zero-order valence-electron chi connectivity index (χ0n) is 22.9. The lowest BCUT2D eigenvalue weighted by atomic mass is 9.59. The first kappa shape index (κ1) is 27.4. The maximum absolute atomic E-state index is 13.3. The van der Waals surface area contributed by atoms with E-state index in [4.69, 9.17) is 5.10 Å². The zero-order valence-corrected chi connectivity index (χ0v) is 23.7. The van der Waals surface area contributed by atoms with Gasteiger partial charge in [-0.05, 0) is 54.9 Å². The summed E-state index contributed by atoms with van der Waals surface area (Å²) in [5, 5.41) is 7.88. The lowest BCUT2D eigenvalue weighted by molar-refractivity contribution is 0.00825. The molecule has 1 spiro atoms. The normalized spacial score (nSPS) is 23.6. The highest BCUT2D eigenvalue weighted by molar-refractivity contribution is 7.88. The van der Waals surface area contributed by atoms with Crippen LogP contribution in [0.3, 0.4) is 0 Å². The molecule has 1 aromatic carbocycles. The molecule has 2 aliphatic heterocycles. The van der Waals surface area contributed by atoms with Gasteiger partial charge in [0.1, 0.15) is 0 Å². The minimum atomic E-state index is -3.15. The summed E-state index contributed by atoms with van der Waals surface area (Å²) in [7, 11) is -3.15. The molecule has 0 radical (unpaired) electrons. The topological polar surface area (TPSA) is 84.3 Å². The first-order valence-electron chi connectivity index (χ1n) is 14.7. The molecule has 1 aromatic heterocycles. The van der Waals surface area contributed by atoms with Crippen LogP contribution in [-0.2, 0) is 29.5 Å². The number of amides is 1. The lowest BCUT2D eigenvalue weighted by Crippen LogP contribution is -2.48. The first-order chi connectivity index (χ1) is 18.4. The van der Waals surface area contributed by atoms with Crippen LogP contribution in [0.25, 0.3) is 0 Å². The van der Waals surface area contributed by atoms with Gasteiger partial charge in [0.15, 0.2) is 0 Å². The van der Waals surface area contributed by atoms with Crippen molar-refractivity contribution in [2.75, 3.05) is 19.3 Å². The second kappa shape index (κ2) is 11.9. The summed E-state index contributed by atoms with van der Waals surface area (Å²) in [5.41, 5.74) is 3.02. The van der Waals surface area contributed by atoms with Gasteiger partial charge in [0.25, 0.3) is 5.91 Å². The van der Waals surface area contributed by atoms with Crippen LogP contribution in [0.2, 0.25) is 0 Å². The Morgan fingerprint density at radius 1 is 1.00 bits per heavy atom. The van der Waals surface area contributed by atoms with Gasteiger partial charge in [-0.2, -0.15) is 5.10 Å². The average Bonchev–Trinajstić information content (AvgIpc) is 3.33. The molecule has 3 aliphatic rings. The number of rotatable bonds is 5. The number of carbonyl (C=O) groups excluding carboxylic acids is 1. The van der Waals surface area contributed by atoms with Crippen molar-refractivity contribution in [2.45, 2.75) is 90.1 Å². The van der Waals surface area contributed by atoms with E-state index >= 15 is 0 Å². The molecule has 8 heteroatoms. The summed E-state index contributed by atoms with van der Waals surface area (Å²) in [6.45, 7) is 2.60. The Bertz CT molecular complexity index is 1180. The second-order valence-electron chi connectivity index (χ2n) is 12.0. The van der Waals surface area contributed by atoms with Crippen LogP contribution in [0.5, 0.6) is 0 Å². The van der Waals surface area contributed by atoms with Gasteiger partial charge in [0, 0.05) is 26.2 Å². The van der Waals surface area contributed by atoms with Crippen molar-refractivity contribution in [1.82, 2.24) is 19.4 Å². The van der Waals surface area contributed by atoms with Crippen LogP contribution >= 0.6 is 0 Å². The fourth-order valence-corrected chi connectivity index (χ4v) is 8.31. The Hall–Kier alpha value is -2.19. The van der Waals surface area contributed by atoms with E-state index in [1.165, 1.54) is 64.0 Å². The second-order valence-corrected chi connectivity index (χ2v) is 14.0. The van der Waals surface area contributed by atoms with Crippen LogP contribution in [0, 0.1) is 17.3 Å². The molecule has 1 aliphatic carbocycles. The highest BCUT2D eigenvalue weighted by Gasteiger charge is 2.47. The van der Waals surface area contributed by atoms with Gasteiger partial charge in [-0.15, -0.1) is 0 Å². The number of hydrogen-bond donors (Lipinski definition) is 1. The highest BCUT2D eigenvalue weighted by Crippen LogP contribution is 2.51. The van der Waals surface area contributed by atoms with Crippen molar-refractivity contribution < 1.29 is 13.2 Å². The molecular formula is C30H44N4O3S. The smallest absolute Gasteiger partial charge is 0.255 e. The number of aromatic nitrogens is 2. The predicted octanol–water partition coefficient (Wildman–Crippen LogP) is 5.17. The number of piperidine rings is 1. The van der Waals surface area contributed by atoms with Crippen molar-refractivity contribution in [3.05, 3.63) is 53.3 Å². The minimum absolute atomic E-state index is 0.0531. The SMILES string of the molecule is CS(=O)(=O)N1CCC(C2Cc3c(C(=O)NCc4ccccc4)cnn3CC23CCCCCCCCC3)CC1. The van der Waals surface area contributed by atoms with Gasteiger partial charge in [-0.1, -0.05) is 75.3 Å². The third-order valence-electron chi connectivity index (χ3n) is 9.54. The molecule has 7 nitrogen and oxygen atoms in total. The van der Waals surface area contributed by atoms with Crippen molar-refractivity contribution in [1.29, 1.82) is 0 Å². The number of benzene rings is 1. The van der Waals surface area contributed by atoms with Crippen molar-refractivity contribution in [3.63, 3.8) is 0 Å². The number of carbonyl (C=O) groups is 1. The number of sulfonamides is 1. The van der Waals surface area contributed by atoms with Crippen LogP contribution in [0.15, 0.2) is 36.5 Å². The molecule has 1 saturated carbocycles. The summed E-state index contributed by atoms with van der Waals surface area (Å²) < 4.78 is 28.2. The Kier molecular flexibility index (Phi) is 8.58. The molecule has 2 fully saturated rings. The van der Waals surface area contributed by atoms with E-state index in [1.807, 2.05) is 30.3 Å². The maximum Gasteiger partial charge on any atom is 0.255 e. The van der Waals surface area contributed by atoms with E-state index < -0.39 is 10.0 Å².